The molecule has 31 heteroatoms. The van der Waals surface area contributed by atoms with Crippen molar-refractivity contribution in [3.63, 3.8) is 0 Å². The second-order valence-corrected chi connectivity index (χ2v) is 9.68. The van der Waals surface area contributed by atoms with Gasteiger partial charge >= 0.3 is 83.4 Å². The van der Waals surface area contributed by atoms with Crippen molar-refractivity contribution < 1.29 is 138 Å². The van der Waals surface area contributed by atoms with E-state index in [0.29, 0.717) is 0 Å². The van der Waals surface area contributed by atoms with Crippen molar-refractivity contribution in [3.8, 4) is 0 Å². The number of esters is 1. The molecule has 0 amide bonds. The van der Waals surface area contributed by atoms with E-state index in [1.165, 1.54) is 0 Å². The average molecular weight is 828 g/mol. The predicted octanol–water partition coefficient (Wildman–Crippen LogP) is 8.63. The summed E-state index contributed by atoms with van der Waals surface area (Å²) in [7, 11) is 0. The van der Waals surface area contributed by atoms with Gasteiger partial charge in [-0.05, 0) is 6.92 Å². The summed E-state index contributed by atoms with van der Waals surface area (Å²) in [5.74, 6) is -87.7. The standard InChI is InChI=1S/C20H11F27O4/c1-5(2)7(49)50-3-6(48)4-51-20(46,47)17(38,39)16(36,37)15(34,35)14(32,33)13(30,31)12(28,29)11(26,27)10(24,25)9(22,23)8(21,18(40,41)42)19(43,44)45/h6,48H,1,3-4H2,2H3. The molecule has 304 valence electrons. The summed E-state index contributed by atoms with van der Waals surface area (Å²) in [6, 6.07) is 0. The van der Waals surface area contributed by atoms with Gasteiger partial charge in [0.1, 0.15) is 12.7 Å². The molecule has 0 spiro atoms. The molecule has 0 aliphatic heterocycles. The lowest BCUT2D eigenvalue weighted by Gasteiger charge is -2.46. The molecule has 0 saturated carbocycles. The quantitative estimate of drug-likeness (QED) is 0.0963. The van der Waals surface area contributed by atoms with Crippen LogP contribution in [0.25, 0.3) is 0 Å². The monoisotopic (exact) mass is 828 g/mol. The van der Waals surface area contributed by atoms with Crippen LogP contribution in [0.4, 0.5) is 119 Å². The number of ether oxygens (including phenoxy) is 2. The Kier molecular flexibility index (Phi) is 12.3. The molecular weight excluding hydrogens is 817 g/mol. The maximum absolute atomic E-state index is 13.9. The molecule has 0 radical (unpaired) electrons. The minimum atomic E-state index is -9.91. The third-order valence-electron chi connectivity index (χ3n) is 5.95. The van der Waals surface area contributed by atoms with Crippen molar-refractivity contribution >= 4 is 5.97 Å². The van der Waals surface area contributed by atoms with E-state index in [9.17, 15) is 123 Å². The molecule has 0 aromatic heterocycles. The van der Waals surface area contributed by atoms with E-state index in [1.54, 1.807) is 0 Å². The molecule has 1 atom stereocenters. The molecule has 0 rings (SSSR count). The van der Waals surface area contributed by atoms with Crippen LogP contribution in [0, 0.1) is 0 Å². The van der Waals surface area contributed by atoms with Crippen LogP contribution in [0.15, 0.2) is 12.2 Å². The third kappa shape index (κ3) is 6.69. The molecule has 4 nitrogen and oxygen atoms in total. The molecule has 0 aliphatic rings. The summed E-state index contributed by atoms with van der Waals surface area (Å²) in [5, 5.41) is 9.15. The summed E-state index contributed by atoms with van der Waals surface area (Å²) in [6.45, 7) is -0.572. The smallest absolute Gasteiger partial charge is 0.438 e. The Balaban J connectivity index is 7.16. The van der Waals surface area contributed by atoms with Crippen LogP contribution in [0.3, 0.4) is 0 Å². The van der Waals surface area contributed by atoms with E-state index in [2.05, 4.69) is 16.1 Å². The molecule has 51 heavy (non-hydrogen) atoms. The Morgan fingerprint density at radius 1 is 0.490 bits per heavy atom. The van der Waals surface area contributed by atoms with Crippen molar-refractivity contribution in [1.82, 2.24) is 0 Å². The van der Waals surface area contributed by atoms with E-state index < -0.39 is 108 Å². The number of alkyl halides is 27. The van der Waals surface area contributed by atoms with Crippen molar-refractivity contribution in [2.24, 2.45) is 0 Å². The zero-order chi connectivity index (χ0) is 42.1. The van der Waals surface area contributed by atoms with Crippen molar-refractivity contribution in [1.29, 1.82) is 0 Å². The van der Waals surface area contributed by atoms with Gasteiger partial charge in [0.25, 0.3) is 0 Å². The fraction of sp³-hybridized carbons (Fsp3) is 0.850. The highest BCUT2D eigenvalue weighted by Crippen LogP contribution is 2.69. The van der Waals surface area contributed by atoms with E-state index in [1.807, 2.05) is 0 Å². The largest absolute Gasteiger partial charge is 0.460 e. The number of aliphatic hydroxyl groups is 1. The highest BCUT2D eigenvalue weighted by atomic mass is 19.4. The van der Waals surface area contributed by atoms with Gasteiger partial charge < -0.3 is 14.6 Å². The van der Waals surface area contributed by atoms with Crippen LogP contribution in [0.5, 0.6) is 0 Å². The first-order valence-electron chi connectivity index (χ1n) is 11.5. The van der Waals surface area contributed by atoms with E-state index in [-0.39, 0.29) is 0 Å². The molecule has 0 fully saturated rings. The number of carbonyl (C=O) groups is 1. The average Bonchev–Trinajstić information content (AvgIpc) is 2.91. The molecule has 0 saturated heterocycles. The van der Waals surface area contributed by atoms with Crippen molar-refractivity contribution in [2.75, 3.05) is 13.2 Å². The summed E-state index contributed by atoms with van der Waals surface area (Å²) in [4.78, 5) is 11.0. The fourth-order valence-electron chi connectivity index (χ4n) is 2.93. The number of halogens is 27. The van der Waals surface area contributed by atoms with Gasteiger partial charge in [-0.3, -0.25) is 0 Å². The molecule has 0 bridgehead atoms. The zero-order valence-corrected chi connectivity index (χ0v) is 23.1. The molecule has 0 aliphatic carbocycles. The van der Waals surface area contributed by atoms with Gasteiger partial charge in [0.2, 0.25) is 0 Å². The van der Waals surface area contributed by atoms with Crippen molar-refractivity contribution in [3.05, 3.63) is 12.2 Å². The first-order chi connectivity index (χ1) is 21.7. The normalized spacial score (nSPS) is 16.6. The van der Waals surface area contributed by atoms with Gasteiger partial charge in [-0.25, -0.2) is 9.18 Å². The predicted molar refractivity (Wildman–Crippen MR) is 103 cm³/mol. The molecular formula is C20H11F27O4. The Bertz CT molecular complexity index is 1260. The summed E-state index contributed by atoms with van der Waals surface area (Å²) in [6.07, 6.45) is -27.9. The Hall–Kier alpha value is -2.76. The topological polar surface area (TPSA) is 55.8 Å². The van der Waals surface area contributed by atoms with Gasteiger partial charge in [0, 0.05) is 5.57 Å². The molecule has 1 unspecified atom stereocenters. The Morgan fingerprint density at radius 3 is 1.00 bits per heavy atom. The van der Waals surface area contributed by atoms with Gasteiger partial charge in [-0.15, -0.1) is 0 Å². The lowest BCUT2D eigenvalue weighted by atomic mass is 9.82. The number of carbonyl (C=O) groups excluding carboxylic acids is 1. The van der Waals surface area contributed by atoms with Gasteiger partial charge in [-0.2, -0.15) is 114 Å². The maximum atomic E-state index is 13.9. The Morgan fingerprint density at radius 2 is 0.745 bits per heavy atom. The number of rotatable bonds is 16. The third-order valence-corrected chi connectivity index (χ3v) is 5.95. The summed E-state index contributed by atoms with van der Waals surface area (Å²) >= 11 is 0. The summed E-state index contributed by atoms with van der Waals surface area (Å²) < 4.78 is 371. The highest BCUT2D eigenvalue weighted by Gasteiger charge is 3.01. The van der Waals surface area contributed by atoms with Crippen LogP contribution in [-0.4, -0.2) is 108 Å². The van der Waals surface area contributed by atoms with E-state index >= 15 is 0 Å². The highest BCUT2D eigenvalue weighted by molar-refractivity contribution is 5.86. The van der Waals surface area contributed by atoms with Crippen LogP contribution < -0.4 is 0 Å². The van der Waals surface area contributed by atoms with Gasteiger partial charge in [0.15, 0.2) is 0 Å². The number of aliphatic hydroxyl groups excluding tert-OH is 1. The first kappa shape index (κ1) is 48.2. The van der Waals surface area contributed by atoms with Crippen molar-refractivity contribution in [2.45, 2.75) is 90.5 Å². The molecule has 0 aromatic rings. The lowest BCUT2D eigenvalue weighted by Crippen LogP contribution is -2.79. The van der Waals surface area contributed by atoms with Gasteiger partial charge in [-0.1, -0.05) is 6.58 Å². The maximum Gasteiger partial charge on any atom is 0.438 e. The van der Waals surface area contributed by atoms with Crippen LogP contribution >= 0.6 is 0 Å². The SMILES string of the molecule is C=C(C)C(=O)OCC(O)COC(F)(F)C(F)(F)C(F)(F)C(F)(F)C(F)(F)C(F)(F)C(F)(F)C(F)(F)C(F)(F)C(F)(F)C(F)(C(F)(F)F)C(F)(F)F. The van der Waals surface area contributed by atoms with Crippen LogP contribution in [0.2, 0.25) is 0 Å². The van der Waals surface area contributed by atoms with E-state index in [0.717, 1.165) is 6.92 Å². The number of hydrogen-bond acceptors (Lipinski definition) is 4. The van der Waals surface area contributed by atoms with E-state index in [4.69, 9.17) is 5.11 Å². The molecule has 0 aromatic carbocycles. The first-order valence-corrected chi connectivity index (χ1v) is 11.5. The molecule has 1 N–H and O–H groups in total. The Labute approximate surface area is 261 Å². The minimum Gasteiger partial charge on any atom is -0.460 e. The second kappa shape index (κ2) is 13.0. The second-order valence-electron chi connectivity index (χ2n) is 9.68. The zero-order valence-electron chi connectivity index (χ0n) is 23.1. The summed E-state index contributed by atoms with van der Waals surface area (Å²) in [5.41, 5.74) is -9.82. The van der Waals surface area contributed by atoms with Gasteiger partial charge in [0.05, 0.1) is 6.61 Å². The number of hydrogen-bond donors (Lipinski definition) is 1. The van der Waals surface area contributed by atoms with Crippen LogP contribution in [-0.2, 0) is 14.3 Å². The molecule has 0 heterocycles. The minimum absolute atomic E-state index is 0.557. The lowest BCUT2D eigenvalue weighted by molar-refractivity contribution is -0.492. The fourth-order valence-corrected chi connectivity index (χ4v) is 2.93. The van der Waals surface area contributed by atoms with Crippen LogP contribution in [0.1, 0.15) is 6.92 Å².